The van der Waals surface area contributed by atoms with Gasteiger partial charge in [0.25, 0.3) is 0 Å². The fourth-order valence-corrected chi connectivity index (χ4v) is 1.89. The van der Waals surface area contributed by atoms with Crippen LogP contribution in [0.4, 0.5) is 0 Å². The third-order valence-corrected chi connectivity index (χ3v) is 2.78. The Balaban J connectivity index is 2.38. The first-order valence-corrected chi connectivity index (χ1v) is 5.74. The Morgan fingerprint density at radius 3 is 2.17 bits per heavy atom. The van der Waals surface area contributed by atoms with E-state index < -0.39 is 6.29 Å². The Morgan fingerprint density at radius 2 is 1.72 bits per heavy atom. The molecule has 0 radical (unpaired) electrons. The summed E-state index contributed by atoms with van der Waals surface area (Å²) in [7, 11) is 3.02. The molecule has 1 fully saturated rings. The molecule has 1 aromatic rings. The molecule has 1 aliphatic heterocycles. The Labute approximate surface area is 106 Å². The average molecular weight is 252 g/mol. The number of methoxy groups -OCH3 is 2. The van der Waals surface area contributed by atoms with Crippen molar-refractivity contribution in [2.24, 2.45) is 0 Å². The van der Waals surface area contributed by atoms with Gasteiger partial charge in [0.1, 0.15) is 11.5 Å². The van der Waals surface area contributed by atoms with Crippen LogP contribution in [0.3, 0.4) is 0 Å². The minimum atomic E-state index is -0.428. The molecule has 0 aromatic heterocycles. The zero-order chi connectivity index (χ0) is 13.0. The molecule has 18 heavy (non-hydrogen) atoms. The van der Waals surface area contributed by atoms with Crippen LogP contribution in [-0.2, 0) is 9.47 Å². The first kappa shape index (κ1) is 12.9. The maximum absolute atomic E-state index is 11.0. The molecule has 0 saturated carbocycles. The molecule has 1 aliphatic rings. The maximum Gasteiger partial charge on any atom is 0.184 e. The smallest absolute Gasteiger partial charge is 0.184 e. The number of carbonyl (C=O) groups is 1. The van der Waals surface area contributed by atoms with Crippen LogP contribution in [0, 0.1) is 0 Å². The summed E-state index contributed by atoms with van der Waals surface area (Å²) in [6.45, 7) is 1.31. The van der Waals surface area contributed by atoms with Gasteiger partial charge in [-0.3, -0.25) is 4.79 Å². The zero-order valence-electron chi connectivity index (χ0n) is 10.5. The van der Waals surface area contributed by atoms with Crippen LogP contribution in [0.25, 0.3) is 0 Å². The van der Waals surface area contributed by atoms with Crippen LogP contribution in [0.5, 0.6) is 11.5 Å². The fraction of sp³-hybridized carbons (Fsp3) is 0.462. The lowest BCUT2D eigenvalue weighted by Gasteiger charge is -2.24. The summed E-state index contributed by atoms with van der Waals surface area (Å²) >= 11 is 0. The first-order chi connectivity index (χ1) is 8.80. The molecule has 0 atom stereocenters. The second-order valence-corrected chi connectivity index (χ2v) is 3.88. The van der Waals surface area contributed by atoms with E-state index in [9.17, 15) is 4.79 Å². The van der Waals surface area contributed by atoms with Gasteiger partial charge in [-0.05, 0) is 18.6 Å². The van der Waals surface area contributed by atoms with Gasteiger partial charge < -0.3 is 18.9 Å². The summed E-state index contributed by atoms with van der Waals surface area (Å²) in [6.07, 6.45) is 1.17. The molecule has 5 nitrogen and oxygen atoms in total. The van der Waals surface area contributed by atoms with Gasteiger partial charge in [-0.1, -0.05) is 0 Å². The van der Waals surface area contributed by atoms with Crippen molar-refractivity contribution in [2.45, 2.75) is 12.7 Å². The Bertz CT molecular complexity index is 398. The number of hydrogen-bond donors (Lipinski definition) is 0. The van der Waals surface area contributed by atoms with E-state index >= 15 is 0 Å². The molecule has 0 spiro atoms. The topological polar surface area (TPSA) is 54.0 Å². The van der Waals surface area contributed by atoms with Gasteiger partial charge in [-0.2, -0.15) is 0 Å². The molecule has 98 valence electrons. The molecule has 1 saturated heterocycles. The predicted molar refractivity (Wildman–Crippen MR) is 64.2 cm³/mol. The third kappa shape index (κ3) is 2.47. The van der Waals surface area contributed by atoms with Crippen LogP contribution in [-0.4, -0.2) is 33.7 Å². The molecule has 0 amide bonds. The Hall–Kier alpha value is -1.59. The van der Waals surface area contributed by atoms with Crippen molar-refractivity contribution < 1.29 is 23.7 Å². The fourth-order valence-electron chi connectivity index (χ4n) is 1.89. The van der Waals surface area contributed by atoms with E-state index in [0.29, 0.717) is 36.6 Å². The summed E-state index contributed by atoms with van der Waals surface area (Å²) < 4.78 is 21.4. The summed E-state index contributed by atoms with van der Waals surface area (Å²) in [4.78, 5) is 11.0. The van der Waals surface area contributed by atoms with Crippen molar-refractivity contribution in [3.05, 3.63) is 23.3 Å². The molecule has 1 aromatic carbocycles. The molecule has 2 rings (SSSR count). The zero-order valence-corrected chi connectivity index (χ0v) is 10.5. The van der Waals surface area contributed by atoms with Gasteiger partial charge >= 0.3 is 0 Å². The van der Waals surface area contributed by atoms with Crippen molar-refractivity contribution in [2.75, 3.05) is 27.4 Å². The Morgan fingerprint density at radius 1 is 1.17 bits per heavy atom. The molecular formula is C13H16O5. The van der Waals surface area contributed by atoms with Crippen LogP contribution < -0.4 is 9.47 Å². The Kier molecular flexibility index (Phi) is 4.17. The van der Waals surface area contributed by atoms with Gasteiger partial charge in [0.15, 0.2) is 12.6 Å². The van der Waals surface area contributed by atoms with Gasteiger partial charge in [-0.15, -0.1) is 0 Å². The van der Waals surface area contributed by atoms with Crippen molar-refractivity contribution in [3.63, 3.8) is 0 Å². The lowest BCUT2D eigenvalue weighted by molar-refractivity contribution is -0.183. The SMILES string of the molecule is COc1cc(C2OCCCO2)cc(OC)c1C=O. The van der Waals surface area contributed by atoms with Crippen molar-refractivity contribution >= 4 is 6.29 Å². The van der Waals surface area contributed by atoms with Crippen molar-refractivity contribution in [3.8, 4) is 11.5 Å². The van der Waals surface area contributed by atoms with E-state index in [1.54, 1.807) is 12.1 Å². The van der Waals surface area contributed by atoms with Crippen LogP contribution in [0.15, 0.2) is 12.1 Å². The quantitative estimate of drug-likeness (QED) is 0.767. The standard InChI is InChI=1S/C13H16O5/c1-15-11-6-9(13-17-4-3-5-18-13)7-12(16-2)10(11)8-14/h6-8,13H,3-5H2,1-2H3. The summed E-state index contributed by atoms with van der Waals surface area (Å²) in [6, 6.07) is 3.48. The number of hydrogen-bond acceptors (Lipinski definition) is 5. The lowest BCUT2D eigenvalue weighted by atomic mass is 10.1. The molecule has 0 bridgehead atoms. The van der Waals surface area contributed by atoms with E-state index in [1.807, 2.05) is 0 Å². The lowest BCUT2D eigenvalue weighted by Crippen LogP contribution is -2.18. The highest BCUT2D eigenvalue weighted by molar-refractivity contribution is 5.84. The molecule has 5 heteroatoms. The van der Waals surface area contributed by atoms with E-state index in [0.717, 1.165) is 12.0 Å². The number of rotatable bonds is 4. The molecule has 0 unspecified atom stereocenters. The largest absolute Gasteiger partial charge is 0.496 e. The highest BCUT2D eigenvalue weighted by atomic mass is 16.7. The van der Waals surface area contributed by atoms with Gasteiger partial charge in [-0.25, -0.2) is 0 Å². The number of ether oxygens (including phenoxy) is 4. The van der Waals surface area contributed by atoms with Crippen molar-refractivity contribution in [1.29, 1.82) is 0 Å². The number of carbonyl (C=O) groups excluding carboxylic acids is 1. The first-order valence-electron chi connectivity index (χ1n) is 5.74. The van der Waals surface area contributed by atoms with Crippen LogP contribution in [0.2, 0.25) is 0 Å². The maximum atomic E-state index is 11.0. The van der Waals surface area contributed by atoms with E-state index in [2.05, 4.69) is 0 Å². The number of aldehydes is 1. The molecular weight excluding hydrogens is 236 g/mol. The number of benzene rings is 1. The predicted octanol–water partition coefficient (Wildman–Crippen LogP) is 1.95. The van der Waals surface area contributed by atoms with Gasteiger partial charge in [0.2, 0.25) is 0 Å². The summed E-state index contributed by atoms with van der Waals surface area (Å²) in [5, 5.41) is 0. The van der Waals surface area contributed by atoms with E-state index in [-0.39, 0.29) is 0 Å². The summed E-state index contributed by atoms with van der Waals surface area (Å²) in [5.41, 5.74) is 1.17. The third-order valence-electron chi connectivity index (χ3n) is 2.78. The average Bonchev–Trinajstić information content (AvgIpc) is 2.46. The van der Waals surface area contributed by atoms with Crippen molar-refractivity contribution in [1.82, 2.24) is 0 Å². The minimum absolute atomic E-state index is 0.388. The molecule has 0 N–H and O–H groups in total. The highest BCUT2D eigenvalue weighted by Gasteiger charge is 2.21. The van der Waals surface area contributed by atoms with Gasteiger partial charge in [0.05, 0.1) is 33.0 Å². The highest BCUT2D eigenvalue weighted by Crippen LogP contribution is 2.34. The van der Waals surface area contributed by atoms with E-state index in [4.69, 9.17) is 18.9 Å². The second kappa shape index (κ2) is 5.84. The monoisotopic (exact) mass is 252 g/mol. The molecule has 0 aliphatic carbocycles. The normalized spacial score (nSPS) is 16.3. The van der Waals surface area contributed by atoms with Gasteiger partial charge in [0, 0.05) is 5.56 Å². The molecule has 1 heterocycles. The minimum Gasteiger partial charge on any atom is -0.496 e. The summed E-state index contributed by atoms with van der Waals surface area (Å²) in [5.74, 6) is 0.911. The van der Waals surface area contributed by atoms with E-state index in [1.165, 1.54) is 14.2 Å². The second-order valence-electron chi connectivity index (χ2n) is 3.88. The van der Waals surface area contributed by atoms with Crippen LogP contribution in [0.1, 0.15) is 28.6 Å². The van der Waals surface area contributed by atoms with Crippen LogP contribution >= 0.6 is 0 Å².